The van der Waals surface area contributed by atoms with Crippen LogP contribution in [0.5, 0.6) is 0 Å². The molecule has 2 heterocycles. The van der Waals surface area contributed by atoms with Gasteiger partial charge in [-0.15, -0.1) is 0 Å². The van der Waals surface area contributed by atoms with Crippen LogP contribution in [0.15, 0.2) is 12.5 Å². The zero-order chi connectivity index (χ0) is 13.8. The van der Waals surface area contributed by atoms with Crippen molar-refractivity contribution in [1.29, 1.82) is 0 Å². The van der Waals surface area contributed by atoms with Crippen LogP contribution in [-0.4, -0.2) is 58.5 Å². The molecule has 0 radical (unpaired) electrons. The van der Waals surface area contributed by atoms with Crippen LogP contribution in [0.25, 0.3) is 0 Å². The first-order chi connectivity index (χ1) is 9.06. The van der Waals surface area contributed by atoms with E-state index in [9.17, 15) is 8.78 Å². The SMILES string of the molecule is CC(C)n1cncc1CN1CCN(CC(F)F)CC1. The van der Waals surface area contributed by atoms with Crippen molar-refractivity contribution in [1.82, 2.24) is 19.4 Å². The summed E-state index contributed by atoms with van der Waals surface area (Å²) >= 11 is 0. The highest BCUT2D eigenvalue weighted by molar-refractivity contribution is 5.00. The lowest BCUT2D eigenvalue weighted by atomic mass is 10.3. The van der Waals surface area contributed by atoms with E-state index >= 15 is 0 Å². The fraction of sp³-hybridized carbons (Fsp3) is 0.769. The predicted molar refractivity (Wildman–Crippen MR) is 70.3 cm³/mol. The molecule has 1 aromatic rings. The Morgan fingerprint density at radius 1 is 1.16 bits per heavy atom. The third-order valence-electron chi connectivity index (χ3n) is 3.55. The number of alkyl halides is 2. The molecule has 0 aromatic carbocycles. The second-order valence-corrected chi connectivity index (χ2v) is 5.35. The van der Waals surface area contributed by atoms with E-state index in [2.05, 4.69) is 28.3 Å². The Balaban J connectivity index is 1.84. The maximum Gasteiger partial charge on any atom is 0.251 e. The molecule has 0 N–H and O–H groups in total. The van der Waals surface area contributed by atoms with Gasteiger partial charge in [-0.3, -0.25) is 9.80 Å². The van der Waals surface area contributed by atoms with Crippen molar-refractivity contribution < 1.29 is 8.78 Å². The molecular weight excluding hydrogens is 250 g/mol. The molecular formula is C13H22F2N4. The molecule has 1 aromatic heterocycles. The molecule has 108 valence electrons. The second-order valence-electron chi connectivity index (χ2n) is 5.35. The van der Waals surface area contributed by atoms with Crippen molar-refractivity contribution in [3.8, 4) is 0 Å². The summed E-state index contributed by atoms with van der Waals surface area (Å²) in [5.41, 5.74) is 1.19. The summed E-state index contributed by atoms with van der Waals surface area (Å²) in [7, 11) is 0. The molecule has 1 fully saturated rings. The average molecular weight is 272 g/mol. The smallest absolute Gasteiger partial charge is 0.251 e. The average Bonchev–Trinajstić information content (AvgIpc) is 2.79. The van der Waals surface area contributed by atoms with E-state index < -0.39 is 6.43 Å². The summed E-state index contributed by atoms with van der Waals surface area (Å²) in [5.74, 6) is 0. The lowest BCUT2D eigenvalue weighted by molar-refractivity contribution is 0.0536. The molecule has 19 heavy (non-hydrogen) atoms. The number of hydrogen-bond acceptors (Lipinski definition) is 3. The molecule has 1 saturated heterocycles. The van der Waals surface area contributed by atoms with E-state index in [0.29, 0.717) is 6.04 Å². The van der Waals surface area contributed by atoms with Crippen molar-refractivity contribution in [2.45, 2.75) is 32.9 Å². The van der Waals surface area contributed by atoms with Gasteiger partial charge in [0, 0.05) is 45.0 Å². The van der Waals surface area contributed by atoms with Crippen molar-refractivity contribution in [2.24, 2.45) is 0 Å². The van der Waals surface area contributed by atoms with Gasteiger partial charge in [0.05, 0.1) is 18.6 Å². The minimum Gasteiger partial charge on any atom is -0.331 e. The zero-order valence-electron chi connectivity index (χ0n) is 11.6. The molecule has 6 heteroatoms. The molecule has 2 rings (SSSR count). The van der Waals surface area contributed by atoms with E-state index in [0.717, 1.165) is 32.7 Å². The molecule has 0 amide bonds. The van der Waals surface area contributed by atoms with Gasteiger partial charge in [-0.05, 0) is 13.8 Å². The first-order valence-electron chi connectivity index (χ1n) is 6.80. The van der Waals surface area contributed by atoms with E-state index in [1.807, 2.05) is 17.4 Å². The summed E-state index contributed by atoms with van der Waals surface area (Å²) in [6.07, 6.45) is 1.52. The number of piperazine rings is 1. The van der Waals surface area contributed by atoms with Gasteiger partial charge < -0.3 is 4.57 Å². The maximum absolute atomic E-state index is 12.3. The van der Waals surface area contributed by atoms with Gasteiger partial charge in [0.2, 0.25) is 0 Å². The largest absolute Gasteiger partial charge is 0.331 e. The highest BCUT2D eigenvalue weighted by Gasteiger charge is 2.20. The normalized spacial score (nSPS) is 18.6. The fourth-order valence-corrected chi connectivity index (χ4v) is 2.47. The maximum atomic E-state index is 12.3. The number of nitrogens with zero attached hydrogens (tertiary/aromatic N) is 4. The fourth-order valence-electron chi connectivity index (χ4n) is 2.47. The summed E-state index contributed by atoms with van der Waals surface area (Å²) < 4.78 is 26.8. The number of halogens is 2. The topological polar surface area (TPSA) is 24.3 Å². The van der Waals surface area contributed by atoms with Gasteiger partial charge in [-0.25, -0.2) is 13.8 Å². The molecule has 1 aliphatic rings. The van der Waals surface area contributed by atoms with Crippen LogP contribution < -0.4 is 0 Å². The van der Waals surface area contributed by atoms with Crippen molar-refractivity contribution in [3.05, 3.63) is 18.2 Å². The Morgan fingerprint density at radius 3 is 2.37 bits per heavy atom. The van der Waals surface area contributed by atoms with E-state index in [1.54, 1.807) is 0 Å². The standard InChI is InChI=1S/C13H22F2N4/c1-11(2)19-10-16-7-12(19)8-17-3-5-18(6-4-17)9-13(14)15/h7,10-11,13H,3-6,8-9H2,1-2H3. The van der Waals surface area contributed by atoms with Crippen LogP contribution in [0.4, 0.5) is 8.78 Å². The molecule has 0 atom stereocenters. The lowest BCUT2D eigenvalue weighted by Gasteiger charge is -2.34. The molecule has 0 aliphatic carbocycles. The highest BCUT2D eigenvalue weighted by atomic mass is 19.3. The van der Waals surface area contributed by atoms with Crippen LogP contribution in [0.2, 0.25) is 0 Å². The van der Waals surface area contributed by atoms with Crippen molar-refractivity contribution in [2.75, 3.05) is 32.7 Å². The quantitative estimate of drug-likeness (QED) is 0.817. The predicted octanol–water partition coefficient (Wildman–Crippen LogP) is 1.85. The first kappa shape index (κ1) is 14.4. The van der Waals surface area contributed by atoms with Gasteiger partial charge in [0.25, 0.3) is 6.43 Å². The summed E-state index contributed by atoms with van der Waals surface area (Å²) in [6, 6.07) is 0.401. The van der Waals surface area contributed by atoms with Gasteiger partial charge in [0.15, 0.2) is 0 Å². The molecule has 1 aliphatic heterocycles. The summed E-state index contributed by atoms with van der Waals surface area (Å²) in [4.78, 5) is 8.33. The van der Waals surface area contributed by atoms with Gasteiger partial charge in [-0.1, -0.05) is 0 Å². The van der Waals surface area contributed by atoms with Crippen molar-refractivity contribution >= 4 is 0 Å². The third kappa shape index (κ3) is 3.98. The molecule has 0 bridgehead atoms. The first-order valence-corrected chi connectivity index (χ1v) is 6.80. The summed E-state index contributed by atoms with van der Waals surface area (Å²) in [5, 5.41) is 0. The number of hydrogen-bond donors (Lipinski definition) is 0. The Morgan fingerprint density at radius 2 is 1.79 bits per heavy atom. The van der Waals surface area contributed by atoms with E-state index in [-0.39, 0.29) is 6.54 Å². The van der Waals surface area contributed by atoms with Gasteiger partial charge in [-0.2, -0.15) is 0 Å². The van der Waals surface area contributed by atoms with Crippen LogP contribution >= 0.6 is 0 Å². The lowest BCUT2D eigenvalue weighted by Crippen LogP contribution is -2.47. The second kappa shape index (κ2) is 6.43. The van der Waals surface area contributed by atoms with Crippen LogP contribution in [0.1, 0.15) is 25.6 Å². The number of imidazole rings is 1. The zero-order valence-corrected chi connectivity index (χ0v) is 11.6. The highest BCUT2D eigenvalue weighted by Crippen LogP contribution is 2.13. The van der Waals surface area contributed by atoms with Crippen LogP contribution in [0, 0.1) is 0 Å². The monoisotopic (exact) mass is 272 g/mol. The Bertz CT molecular complexity index is 384. The molecule has 0 unspecified atom stereocenters. The Kier molecular flexibility index (Phi) is 4.87. The Labute approximate surface area is 113 Å². The molecule has 0 spiro atoms. The van der Waals surface area contributed by atoms with E-state index in [1.165, 1.54) is 5.69 Å². The number of aromatic nitrogens is 2. The van der Waals surface area contributed by atoms with Gasteiger partial charge in [0.1, 0.15) is 0 Å². The summed E-state index contributed by atoms with van der Waals surface area (Å²) in [6.45, 7) is 8.14. The minimum absolute atomic E-state index is 0.0994. The van der Waals surface area contributed by atoms with Crippen molar-refractivity contribution in [3.63, 3.8) is 0 Å². The molecule has 4 nitrogen and oxygen atoms in total. The van der Waals surface area contributed by atoms with Crippen LogP contribution in [-0.2, 0) is 6.54 Å². The van der Waals surface area contributed by atoms with E-state index in [4.69, 9.17) is 0 Å². The van der Waals surface area contributed by atoms with Crippen LogP contribution in [0.3, 0.4) is 0 Å². The minimum atomic E-state index is -2.23. The molecule has 0 saturated carbocycles. The van der Waals surface area contributed by atoms with Gasteiger partial charge >= 0.3 is 0 Å². The third-order valence-corrected chi connectivity index (χ3v) is 3.55. The number of rotatable bonds is 5. The Hall–Kier alpha value is -1.01.